The molecule has 0 bridgehead atoms. The molecule has 1 N–H and O–H groups in total. The van der Waals surface area contributed by atoms with Crippen LogP contribution in [0, 0.1) is 10.1 Å². The Hall–Kier alpha value is -3.33. The van der Waals surface area contributed by atoms with Gasteiger partial charge in [-0.05, 0) is 29.5 Å². The van der Waals surface area contributed by atoms with Gasteiger partial charge in [0.05, 0.1) is 18.2 Å². The lowest BCUT2D eigenvalue weighted by atomic mass is 10.2. The molecule has 0 heterocycles. The van der Waals surface area contributed by atoms with E-state index < -0.39 is 22.3 Å². The van der Waals surface area contributed by atoms with Gasteiger partial charge in [0.1, 0.15) is 0 Å². The van der Waals surface area contributed by atoms with Crippen molar-refractivity contribution in [3.05, 3.63) is 57.1 Å². The maximum Gasteiger partial charge on any atom is 0.277 e. The van der Waals surface area contributed by atoms with Crippen LogP contribution in [0.1, 0.15) is 5.56 Å². The lowest BCUT2D eigenvalue weighted by Gasteiger charge is -2.11. The van der Waals surface area contributed by atoms with Gasteiger partial charge in [-0.3, -0.25) is 14.9 Å². The van der Waals surface area contributed by atoms with Crippen LogP contribution in [0.5, 0.6) is 17.2 Å². The molecule has 0 radical (unpaired) electrons. The highest BCUT2D eigenvalue weighted by molar-refractivity contribution is 6.31. The highest BCUT2D eigenvalue weighted by atomic mass is 35.5. The van der Waals surface area contributed by atoms with E-state index in [1.807, 2.05) is 0 Å². The molecule has 2 aromatic rings. The molecule has 0 aliphatic carbocycles. The van der Waals surface area contributed by atoms with Gasteiger partial charge in [-0.15, -0.1) is 0 Å². The summed E-state index contributed by atoms with van der Waals surface area (Å²) in [6.07, 6.45) is 0.974. The monoisotopic (exact) mass is 378 g/mol. The number of methoxy groups -OCH3 is 1. The number of benzene rings is 2. The molecule has 0 aliphatic rings. The number of para-hydroxylation sites is 2. The summed E-state index contributed by atoms with van der Waals surface area (Å²) in [5.74, 6) is -0.619. The van der Waals surface area contributed by atoms with Crippen molar-refractivity contribution in [3.63, 3.8) is 0 Å². The minimum atomic E-state index is -0.859. The van der Waals surface area contributed by atoms with Gasteiger partial charge in [-0.1, -0.05) is 23.7 Å². The molecule has 0 atom stereocenters. The molecule has 9 nitrogen and oxygen atoms in total. The standard InChI is InChI=1S/C16H14ClN3O6/c1-25-13-4-2-3-5-14(13)26-9-15(21)19-18-8-10-6-11(17)7-12(16(10)22)20(23)24/h2-8,22H,9H2,1H3,(H,19,21)/p-1/b18-8-. The number of carbonyl (C=O) groups excluding carboxylic acids is 1. The van der Waals surface area contributed by atoms with E-state index in [1.54, 1.807) is 24.3 Å². The Balaban J connectivity index is 1.98. The van der Waals surface area contributed by atoms with Gasteiger partial charge in [-0.2, -0.15) is 5.10 Å². The van der Waals surface area contributed by atoms with E-state index in [0.717, 1.165) is 12.3 Å². The zero-order chi connectivity index (χ0) is 19.1. The number of nitro benzene ring substituents is 1. The molecule has 1 amide bonds. The van der Waals surface area contributed by atoms with Crippen LogP contribution in [0.25, 0.3) is 0 Å². The van der Waals surface area contributed by atoms with Crippen LogP contribution in [0.2, 0.25) is 5.02 Å². The smallest absolute Gasteiger partial charge is 0.277 e. The average Bonchev–Trinajstić information content (AvgIpc) is 2.62. The van der Waals surface area contributed by atoms with Crippen molar-refractivity contribution in [2.45, 2.75) is 0 Å². The number of nitro groups is 1. The van der Waals surface area contributed by atoms with Crippen LogP contribution in [0.3, 0.4) is 0 Å². The van der Waals surface area contributed by atoms with Crippen molar-refractivity contribution in [1.29, 1.82) is 0 Å². The zero-order valence-corrected chi connectivity index (χ0v) is 14.2. The predicted molar refractivity (Wildman–Crippen MR) is 91.8 cm³/mol. The fourth-order valence-corrected chi connectivity index (χ4v) is 2.14. The number of carbonyl (C=O) groups is 1. The number of halogens is 1. The van der Waals surface area contributed by atoms with Crippen molar-refractivity contribution < 1.29 is 24.3 Å². The summed E-state index contributed by atoms with van der Waals surface area (Å²) in [4.78, 5) is 21.7. The van der Waals surface area contributed by atoms with Gasteiger partial charge in [0.15, 0.2) is 18.1 Å². The second kappa shape index (κ2) is 8.67. The minimum absolute atomic E-state index is 0.00332. The Morgan fingerprint density at radius 1 is 1.35 bits per heavy atom. The second-order valence-electron chi connectivity index (χ2n) is 4.83. The van der Waals surface area contributed by atoms with Gasteiger partial charge < -0.3 is 14.6 Å². The quantitative estimate of drug-likeness (QED) is 0.445. The maximum absolute atomic E-state index is 11.9. The summed E-state index contributed by atoms with van der Waals surface area (Å²) in [6.45, 7) is -0.350. The minimum Gasteiger partial charge on any atom is -0.867 e. The Labute approximate surface area is 153 Å². The number of rotatable bonds is 7. The van der Waals surface area contributed by atoms with Gasteiger partial charge in [0.25, 0.3) is 11.6 Å². The summed E-state index contributed by atoms with van der Waals surface area (Å²) in [7, 11) is 1.47. The molecular weight excluding hydrogens is 366 g/mol. The molecule has 26 heavy (non-hydrogen) atoms. The first-order chi connectivity index (χ1) is 12.4. The first-order valence-electron chi connectivity index (χ1n) is 7.15. The predicted octanol–water partition coefficient (Wildman–Crippen LogP) is 1.86. The molecule has 0 saturated carbocycles. The number of amides is 1. The second-order valence-corrected chi connectivity index (χ2v) is 5.27. The molecule has 0 saturated heterocycles. The summed E-state index contributed by atoms with van der Waals surface area (Å²) in [5, 5.41) is 26.2. The van der Waals surface area contributed by atoms with Crippen LogP contribution in [-0.4, -0.2) is 30.8 Å². The molecular formula is C16H13ClN3O6-. The first kappa shape index (κ1) is 19.0. The molecule has 136 valence electrons. The third-order valence-corrected chi connectivity index (χ3v) is 3.30. The molecule has 10 heteroatoms. The van der Waals surface area contributed by atoms with Crippen LogP contribution in [0.15, 0.2) is 41.5 Å². The SMILES string of the molecule is COc1ccccc1OCC(=O)N/N=C\c1cc(Cl)cc([N+](=O)[O-])c1[O-]. The van der Waals surface area contributed by atoms with Crippen LogP contribution in [0.4, 0.5) is 5.69 Å². The summed E-state index contributed by atoms with van der Waals surface area (Å²) >= 11 is 5.73. The molecule has 0 aromatic heterocycles. The number of ether oxygens (including phenoxy) is 2. The van der Waals surface area contributed by atoms with E-state index in [4.69, 9.17) is 21.1 Å². The van der Waals surface area contributed by atoms with Gasteiger partial charge in [0.2, 0.25) is 0 Å². The van der Waals surface area contributed by atoms with Crippen molar-refractivity contribution in [1.82, 2.24) is 5.43 Å². The Bertz CT molecular complexity index is 856. The number of hydrogen-bond donors (Lipinski definition) is 1. The third-order valence-electron chi connectivity index (χ3n) is 3.08. The fraction of sp³-hybridized carbons (Fsp3) is 0.125. The number of hydrogen-bond acceptors (Lipinski definition) is 7. The van der Waals surface area contributed by atoms with E-state index >= 15 is 0 Å². The average molecular weight is 379 g/mol. The lowest BCUT2D eigenvalue weighted by Crippen LogP contribution is -2.24. The van der Waals surface area contributed by atoms with Crippen molar-refractivity contribution >= 4 is 29.4 Å². The third kappa shape index (κ3) is 4.84. The largest absolute Gasteiger partial charge is 0.867 e. The summed E-state index contributed by atoms with van der Waals surface area (Å²) in [6, 6.07) is 8.92. The van der Waals surface area contributed by atoms with Gasteiger partial charge in [0, 0.05) is 11.1 Å². The van der Waals surface area contributed by atoms with E-state index in [1.165, 1.54) is 13.2 Å². The van der Waals surface area contributed by atoms with E-state index in [9.17, 15) is 20.0 Å². The first-order valence-corrected chi connectivity index (χ1v) is 7.53. The topological polar surface area (TPSA) is 126 Å². The molecule has 0 fully saturated rings. The Morgan fingerprint density at radius 2 is 2.04 bits per heavy atom. The molecule has 2 aromatic carbocycles. The normalized spacial score (nSPS) is 10.5. The van der Waals surface area contributed by atoms with Crippen LogP contribution >= 0.6 is 11.6 Å². The van der Waals surface area contributed by atoms with E-state index in [-0.39, 0.29) is 17.2 Å². The Morgan fingerprint density at radius 3 is 2.69 bits per heavy atom. The van der Waals surface area contributed by atoms with Crippen LogP contribution in [-0.2, 0) is 4.79 Å². The summed E-state index contributed by atoms with van der Waals surface area (Å²) < 4.78 is 10.4. The van der Waals surface area contributed by atoms with Gasteiger partial charge in [-0.25, -0.2) is 5.43 Å². The van der Waals surface area contributed by atoms with E-state index in [0.29, 0.717) is 11.5 Å². The number of hydrazone groups is 1. The fourth-order valence-electron chi connectivity index (χ4n) is 1.92. The van der Waals surface area contributed by atoms with Crippen molar-refractivity contribution in [3.8, 4) is 17.2 Å². The molecule has 0 spiro atoms. The molecule has 0 aliphatic heterocycles. The maximum atomic E-state index is 11.9. The number of nitrogens with zero attached hydrogens (tertiary/aromatic N) is 2. The highest BCUT2D eigenvalue weighted by Gasteiger charge is 2.11. The summed E-state index contributed by atoms with van der Waals surface area (Å²) in [5.41, 5.74) is 1.34. The number of nitrogens with one attached hydrogen (secondary N) is 1. The van der Waals surface area contributed by atoms with Gasteiger partial charge >= 0.3 is 0 Å². The highest BCUT2D eigenvalue weighted by Crippen LogP contribution is 2.30. The van der Waals surface area contributed by atoms with Crippen LogP contribution < -0.4 is 20.0 Å². The van der Waals surface area contributed by atoms with E-state index in [2.05, 4.69) is 10.5 Å². The van der Waals surface area contributed by atoms with Crippen molar-refractivity contribution in [2.24, 2.45) is 5.10 Å². The Kier molecular flexibility index (Phi) is 6.34. The van der Waals surface area contributed by atoms with Crippen molar-refractivity contribution in [2.75, 3.05) is 13.7 Å². The molecule has 2 rings (SSSR count). The zero-order valence-electron chi connectivity index (χ0n) is 13.5. The molecule has 0 unspecified atom stereocenters. The lowest BCUT2D eigenvalue weighted by molar-refractivity contribution is -0.398.